The third kappa shape index (κ3) is 2.28. The Bertz CT molecular complexity index is 586. The van der Waals surface area contributed by atoms with Gasteiger partial charge in [-0.15, -0.1) is 6.58 Å². The smallest absolute Gasteiger partial charge is 0.320 e. The summed E-state index contributed by atoms with van der Waals surface area (Å²) in [5, 5.41) is 9.95. The monoisotopic (exact) mass is 244 g/mol. The van der Waals surface area contributed by atoms with Crippen molar-refractivity contribution in [2.24, 2.45) is 5.73 Å². The molecule has 1 aromatic carbocycles. The number of hydrogen-bond acceptors (Lipinski definition) is 2. The molecule has 1 atom stereocenters. The number of aromatic amines is 1. The van der Waals surface area contributed by atoms with Gasteiger partial charge in [-0.25, -0.2) is 0 Å². The first-order valence-electron chi connectivity index (χ1n) is 5.81. The van der Waals surface area contributed by atoms with E-state index in [1.165, 1.54) is 0 Å². The van der Waals surface area contributed by atoms with Crippen LogP contribution in [0, 0.1) is 0 Å². The second kappa shape index (κ2) is 5.06. The summed E-state index contributed by atoms with van der Waals surface area (Å²) < 4.78 is 0. The lowest BCUT2D eigenvalue weighted by atomic mass is 10.0. The highest BCUT2D eigenvalue weighted by molar-refractivity contribution is 5.85. The van der Waals surface area contributed by atoms with E-state index in [1.54, 1.807) is 6.08 Å². The number of allylic oxidation sites excluding steroid dienone is 1. The second-order valence-electron chi connectivity index (χ2n) is 4.27. The first-order valence-corrected chi connectivity index (χ1v) is 5.81. The minimum atomic E-state index is -0.982. The lowest BCUT2D eigenvalue weighted by Gasteiger charge is -2.07. The molecule has 0 bridgehead atoms. The fraction of sp³-hybridized carbons (Fsp3) is 0.214. The van der Waals surface area contributed by atoms with Crippen molar-refractivity contribution < 1.29 is 9.90 Å². The van der Waals surface area contributed by atoms with Crippen LogP contribution in [0.3, 0.4) is 0 Å². The molecule has 0 spiro atoms. The molecule has 2 aromatic rings. The Morgan fingerprint density at radius 3 is 2.89 bits per heavy atom. The maximum absolute atomic E-state index is 10.9. The molecule has 0 amide bonds. The van der Waals surface area contributed by atoms with Gasteiger partial charge in [-0.3, -0.25) is 4.79 Å². The minimum absolute atomic E-state index is 0.322. The third-order valence-electron chi connectivity index (χ3n) is 2.99. The Hall–Kier alpha value is -2.07. The molecule has 0 saturated heterocycles. The van der Waals surface area contributed by atoms with Gasteiger partial charge in [0.15, 0.2) is 0 Å². The fourth-order valence-corrected chi connectivity index (χ4v) is 2.11. The number of aromatic nitrogens is 1. The van der Waals surface area contributed by atoms with Crippen LogP contribution < -0.4 is 5.73 Å². The number of nitrogens with two attached hydrogens (primary N) is 1. The number of H-pyrrole nitrogens is 1. The molecule has 1 aromatic heterocycles. The van der Waals surface area contributed by atoms with Gasteiger partial charge in [0.25, 0.3) is 0 Å². The van der Waals surface area contributed by atoms with Crippen LogP contribution in [0.5, 0.6) is 0 Å². The first kappa shape index (κ1) is 12.4. The Morgan fingerprint density at radius 1 is 1.50 bits per heavy atom. The zero-order chi connectivity index (χ0) is 13.1. The van der Waals surface area contributed by atoms with Gasteiger partial charge in [0.1, 0.15) is 6.04 Å². The molecule has 94 valence electrons. The van der Waals surface area contributed by atoms with Crippen LogP contribution in [0.25, 0.3) is 10.9 Å². The SMILES string of the molecule is C=CCc1[nH]c2ccccc2c1CC(N)C(=O)O. The summed E-state index contributed by atoms with van der Waals surface area (Å²) in [6, 6.07) is 6.94. The van der Waals surface area contributed by atoms with Crippen LogP contribution in [0.4, 0.5) is 0 Å². The molecule has 0 radical (unpaired) electrons. The fourth-order valence-electron chi connectivity index (χ4n) is 2.11. The van der Waals surface area contributed by atoms with Crippen LogP contribution >= 0.6 is 0 Å². The molecular formula is C14H16N2O2. The average Bonchev–Trinajstić information content (AvgIpc) is 2.68. The highest BCUT2D eigenvalue weighted by Crippen LogP contribution is 2.24. The molecule has 0 aliphatic rings. The Labute approximate surface area is 105 Å². The number of carboxylic acids is 1. The third-order valence-corrected chi connectivity index (χ3v) is 2.99. The Morgan fingerprint density at radius 2 is 2.22 bits per heavy atom. The summed E-state index contributed by atoms with van der Waals surface area (Å²) in [4.78, 5) is 14.2. The van der Waals surface area contributed by atoms with Crippen LogP contribution in [-0.2, 0) is 17.6 Å². The maximum atomic E-state index is 10.9. The zero-order valence-corrected chi connectivity index (χ0v) is 10.0. The van der Waals surface area contributed by atoms with Gasteiger partial charge in [0, 0.05) is 29.4 Å². The van der Waals surface area contributed by atoms with Gasteiger partial charge in [-0.2, -0.15) is 0 Å². The molecule has 0 fully saturated rings. The van der Waals surface area contributed by atoms with Crippen LogP contribution in [-0.4, -0.2) is 22.1 Å². The molecule has 1 heterocycles. The molecule has 0 aliphatic carbocycles. The lowest BCUT2D eigenvalue weighted by Crippen LogP contribution is -2.32. The van der Waals surface area contributed by atoms with Crippen molar-refractivity contribution >= 4 is 16.9 Å². The predicted molar refractivity (Wildman–Crippen MR) is 71.5 cm³/mol. The number of benzene rings is 1. The lowest BCUT2D eigenvalue weighted by molar-refractivity contribution is -0.138. The highest BCUT2D eigenvalue weighted by Gasteiger charge is 2.17. The maximum Gasteiger partial charge on any atom is 0.320 e. The van der Waals surface area contributed by atoms with Crippen molar-refractivity contribution in [2.45, 2.75) is 18.9 Å². The van der Waals surface area contributed by atoms with Gasteiger partial charge in [0.2, 0.25) is 0 Å². The summed E-state index contributed by atoms with van der Waals surface area (Å²) in [7, 11) is 0. The summed E-state index contributed by atoms with van der Waals surface area (Å²) in [5.41, 5.74) is 8.59. The van der Waals surface area contributed by atoms with Gasteiger partial charge >= 0.3 is 5.97 Å². The van der Waals surface area contributed by atoms with E-state index in [-0.39, 0.29) is 0 Å². The zero-order valence-electron chi connectivity index (χ0n) is 10.0. The Kier molecular flexibility index (Phi) is 3.48. The largest absolute Gasteiger partial charge is 0.480 e. The van der Waals surface area contributed by atoms with E-state index >= 15 is 0 Å². The van der Waals surface area contributed by atoms with Crippen LogP contribution in [0.15, 0.2) is 36.9 Å². The minimum Gasteiger partial charge on any atom is -0.480 e. The molecule has 4 nitrogen and oxygen atoms in total. The average molecular weight is 244 g/mol. The van der Waals surface area contributed by atoms with E-state index in [0.29, 0.717) is 12.8 Å². The van der Waals surface area contributed by atoms with E-state index in [0.717, 1.165) is 22.2 Å². The number of aliphatic carboxylic acids is 1. The summed E-state index contributed by atoms with van der Waals surface area (Å²) in [6.07, 6.45) is 2.79. The molecule has 0 saturated carbocycles. The van der Waals surface area contributed by atoms with Gasteiger partial charge in [-0.1, -0.05) is 24.3 Å². The van der Waals surface area contributed by atoms with Crippen molar-refractivity contribution in [2.75, 3.05) is 0 Å². The topological polar surface area (TPSA) is 79.1 Å². The van der Waals surface area contributed by atoms with E-state index in [4.69, 9.17) is 10.8 Å². The highest BCUT2D eigenvalue weighted by atomic mass is 16.4. The van der Waals surface area contributed by atoms with Gasteiger partial charge in [-0.05, 0) is 11.6 Å². The number of fused-ring (bicyclic) bond motifs is 1. The van der Waals surface area contributed by atoms with E-state index in [9.17, 15) is 4.79 Å². The number of nitrogens with one attached hydrogen (secondary N) is 1. The van der Waals surface area contributed by atoms with E-state index in [1.807, 2.05) is 24.3 Å². The van der Waals surface area contributed by atoms with Crippen molar-refractivity contribution in [3.05, 3.63) is 48.2 Å². The van der Waals surface area contributed by atoms with Crippen molar-refractivity contribution in [3.63, 3.8) is 0 Å². The summed E-state index contributed by atoms with van der Waals surface area (Å²) >= 11 is 0. The van der Waals surface area contributed by atoms with Gasteiger partial charge in [0.05, 0.1) is 0 Å². The number of carboxylic acid groups (broad SMARTS) is 1. The molecule has 1 unspecified atom stereocenters. The number of carbonyl (C=O) groups is 1. The van der Waals surface area contributed by atoms with E-state index in [2.05, 4.69) is 11.6 Å². The number of hydrogen-bond donors (Lipinski definition) is 3. The summed E-state index contributed by atoms with van der Waals surface area (Å²) in [6.45, 7) is 3.71. The normalized spacial score (nSPS) is 12.5. The molecule has 4 heteroatoms. The van der Waals surface area contributed by atoms with Crippen molar-refractivity contribution in [1.29, 1.82) is 0 Å². The predicted octanol–water partition coefficient (Wildman–Crippen LogP) is 1.85. The number of rotatable bonds is 5. The summed E-state index contributed by atoms with van der Waals surface area (Å²) in [5.74, 6) is -0.982. The Balaban J connectivity index is 2.47. The second-order valence-corrected chi connectivity index (χ2v) is 4.27. The van der Waals surface area contributed by atoms with Gasteiger partial charge < -0.3 is 15.8 Å². The number of para-hydroxylation sites is 1. The van der Waals surface area contributed by atoms with Crippen LogP contribution in [0.1, 0.15) is 11.3 Å². The molecular weight excluding hydrogens is 228 g/mol. The van der Waals surface area contributed by atoms with Crippen molar-refractivity contribution in [3.8, 4) is 0 Å². The van der Waals surface area contributed by atoms with Crippen molar-refractivity contribution in [1.82, 2.24) is 4.98 Å². The van der Waals surface area contributed by atoms with Crippen LogP contribution in [0.2, 0.25) is 0 Å². The standard InChI is InChI=1S/C14H16N2O2/c1-2-5-12-10(8-11(15)14(17)18)9-6-3-4-7-13(9)16-12/h2-4,6-7,11,16H,1,5,8,15H2,(H,17,18). The quantitative estimate of drug-likeness (QED) is 0.702. The molecule has 2 rings (SSSR count). The molecule has 18 heavy (non-hydrogen) atoms. The first-order chi connectivity index (χ1) is 8.63. The van der Waals surface area contributed by atoms with E-state index < -0.39 is 12.0 Å². The molecule has 4 N–H and O–H groups in total. The molecule has 0 aliphatic heterocycles.